The van der Waals surface area contributed by atoms with E-state index in [2.05, 4.69) is 11.1 Å². The van der Waals surface area contributed by atoms with Gasteiger partial charge in [-0.25, -0.2) is 4.98 Å². The Hall–Kier alpha value is -2.35. The van der Waals surface area contributed by atoms with Crippen LogP contribution in [0, 0.1) is 17.2 Å². The van der Waals surface area contributed by atoms with Crippen LogP contribution in [0.4, 0.5) is 0 Å². The molecule has 102 valence electrons. The highest BCUT2D eigenvalue weighted by Crippen LogP contribution is 2.21. The van der Waals surface area contributed by atoms with Gasteiger partial charge in [-0.2, -0.15) is 5.26 Å². The highest BCUT2D eigenvalue weighted by molar-refractivity contribution is 5.78. The van der Waals surface area contributed by atoms with E-state index < -0.39 is 0 Å². The molecule has 2 heterocycles. The van der Waals surface area contributed by atoms with E-state index >= 15 is 0 Å². The summed E-state index contributed by atoms with van der Waals surface area (Å²) in [7, 11) is 1.96. The van der Waals surface area contributed by atoms with Gasteiger partial charge in [0.1, 0.15) is 0 Å². The maximum Gasteiger partial charge on any atom is 0.224 e. The lowest BCUT2D eigenvalue weighted by Crippen LogP contribution is -2.37. The fourth-order valence-corrected chi connectivity index (χ4v) is 2.66. The van der Waals surface area contributed by atoms with Crippen molar-refractivity contribution in [3.63, 3.8) is 0 Å². The van der Waals surface area contributed by atoms with E-state index in [1.54, 1.807) is 6.33 Å². The van der Waals surface area contributed by atoms with Crippen LogP contribution in [0.2, 0.25) is 0 Å². The summed E-state index contributed by atoms with van der Waals surface area (Å²) < 4.78 is 1.97. The first kappa shape index (κ1) is 12.7. The van der Waals surface area contributed by atoms with E-state index in [9.17, 15) is 4.79 Å². The van der Waals surface area contributed by atoms with Crippen molar-refractivity contribution in [1.29, 1.82) is 5.26 Å². The third-order valence-electron chi connectivity index (χ3n) is 3.87. The van der Waals surface area contributed by atoms with Crippen LogP contribution in [0.5, 0.6) is 0 Å². The molecule has 2 aromatic rings. The maximum atomic E-state index is 12.0. The Kier molecular flexibility index (Phi) is 3.15. The lowest BCUT2D eigenvalue weighted by molar-refractivity contribution is -0.134. The number of rotatable bonds is 2. The average molecular weight is 268 g/mol. The molecule has 5 nitrogen and oxygen atoms in total. The molecule has 1 aromatic heterocycles. The molecule has 0 bridgehead atoms. The fourth-order valence-electron chi connectivity index (χ4n) is 2.66. The summed E-state index contributed by atoms with van der Waals surface area (Å²) in [6.45, 7) is 1.26. The summed E-state index contributed by atoms with van der Waals surface area (Å²) in [6, 6.07) is 8.28. The molecule has 1 fully saturated rings. The number of hydrogen-bond donors (Lipinski definition) is 0. The van der Waals surface area contributed by atoms with Gasteiger partial charge in [-0.15, -0.1) is 0 Å². The predicted octanol–water partition coefficient (Wildman–Crippen LogP) is 1.84. The molecule has 1 aliphatic rings. The SMILES string of the molecule is Cn1cnc2cc(CN3CCC(C#N)CC3=O)ccc21. The number of amides is 1. The third-order valence-corrected chi connectivity index (χ3v) is 3.87. The number of aryl methyl sites for hydroxylation is 1. The van der Waals surface area contributed by atoms with Crippen molar-refractivity contribution in [3.8, 4) is 6.07 Å². The minimum atomic E-state index is -0.114. The first-order valence-electron chi connectivity index (χ1n) is 6.74. The number of aromatic nitrogens is 2. The van der Waals surface area contributed by atoms with Crippen molar-refractivity contribution >= 4 is 16.9 Å². The van der Waals surface area contributed by atoms with Crippen molar-refractivity contribution in [1.82, 2.24) is 14.5 Å². The summed E-state index contributed by atoms with van der Waals surface area (Å²) in [5.74, 6) is -0.0408. The van der Waals surface area contributed by atoms with Crippen molar-refractivity contribution in [3.05, 3.63) is 30.1 Å². The number of hydrogen-bond acceptors (Lipinski definition) is 3. The van der Waals surface area contributed by atoms with E-state index in [0.29, 0.717) is 19.5 Å². The second-order valence-electron chi connectivity index (χ2n) is 5.31. The van der Waals surface area contributed by atoms with Crippen LogP contribution in [0.1, 0.15) is 18.4 Å². The van der Waals surface area contributed by atoms with Crippen LogP contribution in [0.25, 0.3) is 11.0 Å². The molecule has 1 unspecified atom stereocenters. The van der Waals surface area contributed by atoms with Gasteiger partial charge in [0.2, 0.25) is 5.91 Å². The first-order chi connectivity index (χ1) is 9.67. The molecule has 1 atom stereocenters. The van der Waals surface area contributed by atoms with Crippen LogP contribution in [0.3, 0.4) is 0 Å². The minimum Gasteiger partial charge on any atom is -0.338 e. The van der Waals surface area contributed by atoms with Crippen molar-refractivity contribution < 1.29 is 4.79 Å². The number of imidazole rings is 1. The van der Waals surface area contributed by atoms with Crippen LogP contribution < -0.4 is 0 Å². The molecule has 3 rings (SSSR count). The van der Waals surface area contributed by atoms with Gasteiger partial charge >= 0.3 is 0 Å². The van der Waals surface area contributed by atoms with Gasteiger partial charge in [0.05, 0.1) is 29.3 Å². The Bertz CT molecular complexity index is 697. The lowest BCUT2D eigenvalue weighted by Gasteiger charge is -2.29. The number of carbonyl (C=O) groups is 1. The topological polar surface area (TPSA) is 61.9 Å². The predicted molar refractivity (Wildman–Crippen MR) is 74.5 cm³/mol. The van der Waals surface area contributed by atoms with Gasteiger partial charge in [0.25, 0.3) is 0 Å². The number of carbonyl (C=O) groups excluding carboxylic acids is 1. The van der Waals surface area contributed by atoms with Crippen LogP contribution >= 0.6 is 0 Å². The first-order valence-corrected chi connectivity index (χ1v) is 6.74. The van der Waals surface area contributed by atoms with Crippen LogP contribution in [-0.4, -0.2) is 26.9 Å². The Morgan fingerprint density at radius 1 is 1.50 bits per heavy atom. The smallest absolute Gasteiger partial charge is 0.224 e. The van der Waals surface area contributed by atoms with Crippen LogP contribution in [-0.2, 0) is 18.4 Å². The normalized spacial score (nSPS) is 19.3. The number of fused-ring (bicyclic) bond motifs is 1. The average Bonchev–Trinajstić information content (AvgIpc) is 2.82. The zero-order chi connectivity index (χ0) is 14.1. The molecule has 0 N–H and O–H groups in total. The highest BCUT2D eigenvalue weighted by atomic mass is 16.2. The molecule has 0 spiro atoms. The minimum absolute atomic E-state index is 0.0731. The van der Waals surface area contributed by atoms with Gasteiger partial charge in [0, 0.05) is 26.6 Å². The molecule has 1 saturated heterocycles. The number of piperidine rings is 1. The zero-order valence-electron chi connectivity index (χ0n) is 11.4. The molecule has 1 aromatic carbocycles. The van der Waals surface area contributed by atoms with Gasteiger partial charge in [-0.3, -0.25) is 4.79 Å². The quantitative estimate of drug-likeness (QED) is 0.834. The molecule has 20 heavy (non-hydrogen) atoms. The Labute approximate surface area is 117 Å². The molecule has 0 radical (unpaired) electrons. The summed E-state index contributed by atoms with van der Waals surface area (Å²) in [6.07, 6.45) is 2.91. The molecular weight excluding hydrogens is 252 g/mol. The van der Waals surface area contributed by atoms with Gasteiger partial charge in [0.15, 0.2) is 0 Å². The fraction of sp³-hybridized carbons (Fsp3) is 0.400. The monoisotopic (exact) mass is 268 g/mol. The van der Waals surface area contributed by atoms with E-state index in [1.165, 1.54) is 0 Å². The second-order valence-corrected chi connectivity index (χ2v) is 5.31. The largest absolute Gasteiger partial charge is 0.338 e. The van der Waals surface area contributed by atoms with Crippen molar-refractivity contribution in [2.45, 2.75) is 19.4 Å². The van der Waals surface area contributed by atoms with Gasteiger partial charge in [-0.05, 0) is 24.1 Å². The van der Waals surface area contributed by atoms with E-state index in [1.807, 2.05) is 34.7 Å². The molecular formula is C15H16N4O. The summed E-state index contributed by atoms with van der Waals surface area (Å²) in [5, 5.41) is 8.87. The highest BCUT2D eigenvalue weighted by Gasteiger charge is 2.25. The summed E-state index contributed by atoms with van der Waals surface area (Å²) in [5.41, 5.74) is 3.12. The summed E-state index contributed by atoms with van der Waals surface area (Å²) >= 11 is 0. The maximum absolute atomic E-state index is 12.0. The van der Waals surface area contributed by atoms with Gasteiger partial charge < -0.3 is 9.47 Å². The molecule has 1 amide bonds. The van der Waals surface area contributed by atoms with Crippen molar-refractivity contribution in [2.24, 2.45) is 13.0 Å². The second kappa shape index (κ2) is 4.97. The number of likely N-dealkylation sites (tertiary alicyclic amines) is 1. The van der Waals surface area contributed by atoms with E-state index in [4.69, 9.17) is 5.26 Å². The van der Waals surface area contributed by atoms with E-state index in [0.717, 1.165) is 23.0 Å². The molecule has 0 saturated carbocycles. The standard InChI is InChI=1S/C15H16N4O/c1-18-10-17-13-6-12(2-3-14(13)18)9-19-5-4-11(8-16)7-15(19)20/h2-3,6,10-11H,4-5,7,9H2,1H3. The molecule has 5 heteroatoms. The Morgan fingerprint density at radius 2 is 2.35 bits per heavy atom. The summed E-state index contributed by atoms with van der Waals surface area (Å²) in [4.78, 5) is 18.2. The third kappa shape index (κ3) is 2.25. The molecule has 0 aliphatic carbocycles. The van der Waals surface area contributed by atoms with E-state index in [-0.39, 0.29) is 11.8 Å². The van der Waals surface area contributed by atoms with Gasteiger partial charge in [-0.1, -0.05) is 6.07 Å². The Morgan fingerprint density at radius 3 is 3.10 bits per heavy atom. The zero-order valence-corrected chi connectivity index (χ0v) is 11.4. The Balaban J connectivity index is 1.76. The number of nitriles is 1. The van der Waals surface area contributed by atoms with Crippen LogP contribution in [0.15, 0.2) is 24.5 Å². The molecule has 1 aliphatic heterocycles. The number of nitrogens with zero attached hydrogens (tertiary/aromatic N) is 4. The van der Waals surface area contributed by atoms with Crippen molar-refractivity contribution in [2.75, 3.05) is 6.54 Å². The lowest BCUT2D eigenvalue weighted by atomic mass is 9.97. The number of benzene rings is 1.